The van der Waals surface area contributed by atoms with E-state index in [9.17, 15) is 0 Å². The van der Waals surface area contributed by atoms with Crippen molar-refractivity contribution in [1.29, 1.82) is 0 Å². The van der Waals surface area contributed by atoms with Crippen LogP contribution in [-0.4, -0.2) is 35.6 Å². The van der Waals surface area contributed by atoms with Crippen molar-refractivity contribution < 1.29 is 4.74 Å². The van der Waals surface area contributed by atoms with Crippen LogP contribution >= 0.6 is 0 Å². The lowest BCUT2D eigenvalue weighted by Gasteiger charge is -2.37. The summed E-state index contributed by atoms with van der Waals surface area (Å²) in [6, 6.07) is 0. The summed E-state index contributed by atoms with van der Waals surface area (Å²) in [7, 11) is 4.06. The molecule has 1 aromatic heterocycles. The molecule has 1 saturated carbocycles. The zero-order valence-electron chi connectivity index (χ0n) is 16.1. The van der Waals surface area contributed by atoms with Gasteiger partial charge in [0.05, 0.1) is 17.9 Å². The van der Waals surface area contributed by atoms with Crippen molar-refractivity contribution in [3.63, 3.8) is 0 Å². The van der Waals surface area contributed by atoms with Crippen LogP contribution in [0, 0.1) is 11.3 Å². The highest BCUT2D eigenvalue weighted by Gasteiger charge is 2.46. The van der Waals surface area contributed by atoms with Gasteiger partial charge in [-0.05, 0) is 62.5 Å². The van der Waals surface area contributed by atoms with E-state index in [0.717, 1.165) is 19.6 Å². The topological polar surface area (TPSA) is 39.1 Å². The molecule has 0 bridgehead atoms. The molecule has 1 aromatic rings. The first-order valence-corrected chi connectivity index (χ1v) is 9.45. The van der Waals surface area contributed by atoms with Crippen molar-refractivity contribution in [2.75, 3.05) is 20.2 Å². The van der Waals surface area contributed by atoms with Crippen LogP contribution in [0.2, 0.25) is 0 Å². The average molecular weight is 333 g/mol. The molecule has 1 N–H and O–H groups in total. The Bertz CT molecular complexity index is 555. The Kier molecular flexibility index (Phi) is 5.08. The molecule has 135 valence electrons. The number of nitrogens with zero attached hydrogens (tertiary/aromatic N) is 2. The first-order valence-electron chi connectivity index (χ1n) is 9.45. The minimum Gasteiger partial charge on any atom is -0.374 e. The van der Waals surface area contributed by atoms with Gasteiger partial charge in [-0.25, -0.2) is 0 Å². The van der Waals surface area contributed by atoms with Gasteiger partial charge < -0.3 is 10.1 Å². The van der Waals surface area contributed by atoms with Gasteiger partial charge in [0.2, 0.25) is 0 Å². The molecule has 1 spiro atoms. The largest absolute Gasteiger partial charge is 0.374 e. The fourth-order valence-corrected chi connectivity index (χ4v) is 4.79. The quantitative estimate of drug-likeness (QED) is 0.895. The van der Waals surface area contributed by atoms with Gasteiger partial charge in [0, 0.05) is 25.7 Å². The molecule has 2 aliphatic rings. The monoisotopic (exact) mass is 332 g/mol. The van der Waals surface area contributed by atoms with Crippen LogP contribution in [0.5, 0.6) is 0 Å². The molecule has 4 nitrogen and oxygen atoms in total. The van der Waals surface area contributed by atoms with Gasteiger partial charge in [0.15, 0.2) is 0 Å². The first kappa shape index (κ1) is 17.9. The second-order valence-corrected chi connectivity index (χ2v) is 8.96. The van der Waals surface area contributed by atoms with Gasteiger partial charge in [-0.15, -0.1) is 0 Å². The molecular formula is C20H34N3O. The molecule has 0 atom stereocenters. The molecule has 1 radical (unpaired) electrons. The van der Waals surface area contributed by atoms with E-state index in [4.69, 9.17) is 9.84 Å². The maximum Gasteiger partial charge on any atom is 0.0689 e. The third-order valence-electron chi connectivity index (χ3n) is 5.76. The van der Waals surface area contributed by atoms with E-state index in [1.54, 1.807) is 0 Å². The van der Waals surface area contributed by atoms with Gasteiger partial charge in [-0.1, -0.05) is 20.8 Å². The maximum atomic E-state index is 6.27. The van der Waals surface area contributed by atoms with E-state index in [2.05, 4.69) is 32.3 Å². The third kappa shape index (κ3) is 3.85. The van der Waals surface area contributed by atoms with Crippen LogP contribution in [0.3, 0.4) is 0 Å². The van der Waals surface area contributed by atoms with Crippen LogP contribution in [0.1, 0.15) is 70.1 Å². The normalized spacial score (nSPS) is 29.7. The highest BCUT2D eigenvalue weighted by molar-refractivity contribution is 5.25. The van der Waals surface area contributed by atoms with Crippen molar-refractivity contribution in [2.24, 2.45) is 12.5 Å². The van der Waals surface area contributed by atoms with Crippen molar-refractivity contribution in [1.82, 2.24) is 15.1 Å². The highest BCUT2D eigenvalue weighted by atomic mass is 16.5. The van der Waals surface area contributed by atoms with Crippen molar-refractivity contribution >= 4 is 0 Å². The van der Waals surface area contributed by atoms with Crippen LogP contribution in [-0.2, 0) is 18.2 Å². The molecule has 0 unspecified atom stereocenters. The van der Waals surface area contributed by atoms with Gasteiger partial charge in [0.1, 0.15) is 0 Å². The number of hydrogen-bond donors (Lipinski definition) is 1. The lowest BCUT2D eigenvalue weighted by molar-refractivity contribution is -0.0296. The summed E-state index contributed by atoms with van der Waals surface area (Å²) >= 11 is 0. The summed E-state index contributed by atoms with van der Waals surface area (Å²) in [5.41, 5.74) is 3.25. The first-order chi connectivity index (χ1) is 11.3. The van der Waals surface area contributed by atoms with E-state index >= 15 is 0 Å². The summed E-state index contributed by atoms with van der Waals surface area (Å²) < 4.78 is 8.27. The van der Waals surface area contributed by atoms with Crippen molar-refractivity contribution in [3.05, 3.63) is 23.4 Å². The Morgan fingerprint density at radius 1 is 1.38 bits per heavy atom. The molecule has 4 heteroatoms. The van der Waals surface area contributed by atoms with Gasteiger partial charge in [-0.3, -0.25) is 4.68 Å². The number of aryl methyl sites for hydroxylation is 1. The molecule has 0 aromatic carbocycles. The molecule has 2 heterocycles. The molecule has 0 amide bonds. The highest BCUT2D eigenvalue weighted by Crippen LogP contribution is 2.49. The Labute approximate surface area is 147 Å². The number of hydrogen-bond acceptors (Lipinski definition) is 3. The Balaban J connectivity index is 1.66. The van der Waals surface area contributed by atoms with E-state index < -0.39 is 0 Å². The number of nitrogens with one attached hydrogen (secondary N) is 1. The van der Waals surface area contributed by atoms with Crippen LogP contribution in [0.15, 0.2) is 6.20 Å². The SMILES string of the molecule is CNC[C](C)Cc1cn(C)nc1[C@H]1CC[C@]2(CC1)CC(C)(C)CO2. The predicted molar refractivity (Wildman–Crippen MR) is 98.0 cm³/mol. The van der Waals surface area contributed by atoms with Gasteiger partial charge in [0.25, 0.3) is 0 Å². The Morgan fingerprint density at radius 3 is 2.67 bits per heavy atom. The molecular weight excluding hydrogens is 298 g/mol. The standard InChI is InChI=1S/C20H34N3O/c1-15(11-21-4)10-17-12-23(5)22-18(17)16-6-8-20(9-7-16)13-19(2,3)14-24-20/h12,16,21H,6-11,13-14H2,1-5H3/t16-,20-. The fraction of sp³-hybridized carbons (Fsp3) is 0.800. The van der Waals surface area contributed by atoms with Gasteiger partial charge >= 0.3 is 0 Å². The minimum atomic E-state index is 0.156. The van der Waals surface area contributed by atoms with E-state index in [0.29, 0.717) is 11.3 Å². The zero-order valence-corrected chi connectivity index (χ0v) is 16.1. The summed E-state index contributed by atoms with van der Waals surface area (Å²) in [5.74, 6) is 2.07. The second kappa shape index (κ2) is 6.80. The molecule has 3 rings (SSSR count). The number of aromatic nitrogens is 2. The molecule has 24 heavy (non-hydrogen) atoms. The van der Waals surface area contributed by atoms with E-state index in [-0.39, 0.29) is 5.60 Å². The predicted octanol–water partition coefficient (Wildman–Crippen LogP) is 3.62. The minimum absolute atomic E-state index is 0.156. The molecule has 1 aliphatic heterocycles. The maximum absolute atomic E-state index is 6.27. The zero-order chi connectivity index (χ0) is 17.4. The van der Waals surface area contributed by atoms with Crippen LogP contribution in [0.25, 0.3) is 0 Å². The molecule has 1 saturated heterocycles. The van der Waals surface area contributed by atoms with Crippen molar-refractivity contribution in [2.45, 2.75) is 70.8 Å². The van der Waals surface area contributed by atoms with Crippen LogP contribution < -0.4 is 5.32 Å². The average Bonchev–Trinajstić information content (AvgIpc) is 3.00. The Morgan fingerprint density at radius 2 is 2.08 bits per heavy atom. The van der Waals surface area contributed by atoms with E-state index in [1.165, 1.54) is 49.3 Å². The Hall–Kier alpha value is -0.870. The summed E-state index contributed by atoms with van der Waals surface area (Å²) in [6.45, 7) is 8.81. The number of rotatable bonds is 5. The second-order valence-electron chi connectivity index (χ2n) is 8.96. The molecule has 1 aliphatic carbocycles. The van der Waals surface area contributed by atoms with E-state index in [1.807, 2.05) is 18.8 Å². The summed E-state index contributed by atoms with van der Waals surface area (Å²) in [6.07, 6.45) is 9.28. The van der Waals surface area contributed by atoms with Gasteiger partial charge in [-0.2, -0.15) is 5.10 Å². The smallest absolute Gasteiger partial charge is 0.0689 e. The van der Waals surface area contributed by atoms with Crippen molar-refractivity contribution in [3.8, 4) is 0 Å². The van der Waals surface area contributed by atoms with Crippen LogP contribution in [0.4, 0.5) is 0 Å². The lowest BCUT2D eigenvalue weighted by Crippen LogP contribution is -2.33. The lowest BCUT2D eigenvalue weighted by atomic mass is 9.72. The molecule has 2 fully saturated rings. The fourth-order valence-electron chi connectivity index (χ4n) is 4.79. The number of ether oxygens (including phenoxy) is 1. The third-order valence-corrected chi connectivity index (χ3v) is 5.76. The summed E-state index contributed by atoms with van der Waals surface area (Å²) in [4.78, 5) is 0. The summed E-state index contributed by atoms with van der Waals surface area (Å²) in [5, 5.41) is 8.09.